The van der Waals surface area contributed by atoms with Gasteiger partial charge in [-0.25, -0.2) is 0 Å². The summed E-state index contributed by atoms with van der Waals surface area (Å²) in [6, 6.07) is 14.5. The van der Waals surface area contributed by atoms with Gasteiger partial charge in [0.25, 0.3) is 0 Å². The molecule has 2 aromatic rings. The number of hydrogen-bond acceptors (Lipinski definition) is 3. The fourth-order valence-corrected chi connectivity index (χ4v) is 2.78. The highest BCUT2D eigenvalue weighted by molar-refractivity contribution is 5.77. The molecule has 0 heterocycles. The number of benzene rings is 2. The molecule has 3 heteroatoms. The molecule has 1 unspecified atom stereocenters. The van der Waals surface area contributed by atoms with Crippen molar-refractivity contribution in [3.63, 3.8) is 0 Å². The zero-order valence-corrected chi connectivity index (χ0v) is 12.1. The van der Waals surface area contributed by atoms with E-state index in [0.717, 1.165) is 12.0 Å². The van der Waals surface area contributed by atoms with Gasteiger partial charge >= 0.3 is 5.97 Å². The van der Waals surface area contributed by atoms with Crippen molar-refractivity contribution in [3.05, 3.63) is 59.2 Å². The van der Waals surface area contributed by atoms with Gasteiger partial charge in [-0.2, -0.15) is 0 Å². The zero-order chi connectivity index (χ0) is 14.8. The molecule has 0 radical (unpaired) electrons. The first-order valence-electron chi connectivity index (χ1n) is 7.31. The summed E-state index contributed by atoms with van der Waals surface area (Å²) in [6.45, 7) is 2.01. The number of rotatable bonds is 4. The zero-order valence-electron chi connectivity index (χ0n) is 12.1. The highest BCUT2D eigenvalue weighted by Crippen LogP contribution is 2.37. The van der Waals surface area contributed by atoms with Gasteiger partial charge in [0.1, 0.15) is 6.61 Å². The van der Waals surface area contributed by atoms with Crippen LogP contribution in [0.2, 0.25) is 0 Å². The van der Waals surface area contributed by atoms with Crippen LogP contribution < -0.4 is 5.73 Å². The maximum Gasteiger partial charge on any atom is 0.305 e. The van der Waals surface area contributed by atoms with Gasteiger partial charge in [0, 0.05) is 6.42 Å². The van der Waals surface area contributed by atoms with Gasteiger partial charge in [0.05, 0.1) is 6.04 Å². The highest BCUT2D eigenvalue weighted by Gasteiger charge is 2.19. The summed E-state index contributed by atoms with van der Waals surface area (Å²) >= 11 is 0. The van der Waals surface area contributed by atoms with Gasteiger partial charge in [-0.1, -0.05) is 49.4 Å². The highest BCUT2D eigenvalue weighted by atomic mass is 16.5. The Hall–Kier alpha value is -2.13. The van der Waals surface area contributed by atoms with Crippen LogP contribution in [0.25, 0.3) is 11.1 Å². The molecule has 0 saturated heterocycles. The molecule has 0 aromatic heterocycles. The normalized spacial score (nSPS) is 13.4. The first kappa shape index (κ1) is 13.8. The summed E-state index contributed by atoms with van der Waals surface area (Å²) < 4.78 is 5.12. The lowest BCUT2D eigenvalue weighted by molar-refractivity contribution is -0.143. The van der Waals surface area contributed by atoms with Gasteiger partial charge < -0.3 is 10.5 Å². The van der Waals surface area contributed by atoms with Crippen molar-refractivity contribution in [1.29, 1.82) is 0 Å². The number of ether oxygens (including phenoxy) is 1. The maximum atomic E-state index is 11.2. The molecule has 21 heavy (non-hydrogen) atoms. The standard InChI is InChI=1S/C18H19NO2/c1-2-18(20)21-11-17(19)13-7-8-16-14(10-13)9-12-5-3-4-6-15(12)16/h3-8,10,17H,2,9,11,19H2,1H3. The van der Waals surface area contributed by atoms with Gasteiger partial charge in [-0.3, -0.25) is 4.79 Å². The third-order valence-electron chi connectivity index (χ3n) is 3.96. The summed E-state index contributed by atoms with van der Waals surface area (Å²) in [5.74, 6) is -0.209. The molecule has 0 saturated carbocycles. The van der Waals surface area contributed by atoms with Crippen LogP contribution in [0.5, 0.6) is 0 Å². The van der Waals surface area contributed by atoms with E-state index in [9.17, 15) is 4.79 Å². The Morgan fingerprint density at radius 3 is 2.76 bits per heavy atom. The number of hydrogen-bond donors (Lipinski definition) is 1. The van der Waals surface area contributed by atoms with E-state index in [1.54, 1.807) is 6.92 Å². The molecule has 1 aliphatic rings. The minimum absolute atomic E-state index is 0.209. The fraction of sp³-hybridized carbons (Fsp3) is 0.278. The van der Waals surface area contributed by atoms with Crippen molar-refractivity contribution in [2.75, 3.05) is 6.61 Å². The lowest BCUT2D eigenvalue weighted by atomic mass is 10.0. The second-order valence-corrected chi connectivity index (χ2v) is 5.39. The first-order chi connectivity index (χ1) is 10.2. The van der Waals surface area contributed by atoms with Gasteiger partial charge in [0.15, 0.2) is 0 Å². The van der Waals surface area contributed by atoms with Crippen LogP contribution in [0.3, 0.4) is 0 Å². The molecule has 1 atom stereocenters. The second-order valence-electron chi connectivity index (χ2n) is 5.39. The molecule has 0 fully saturated rings. The average Bonchev–Trinajstić information content (AvgIpc) is 2.89. The molecule has 2 aromatic carbocycles. The smallest absolute Gasteiger partial charge is 0.305 e. The summed E-state index contributed by atoms with van der Waals surface area (Å²) in [5, 5.41) is 0. The molecule has 1 aliphatic carbocycles. The number of nitrogens with two attached hydrogens (primary N) is 1. The molecule has 0 spiro atoms. The predicted molar refractivity (Wildman–Crippen MR) is 82.9 cm³/mol. The Morgan fingerprint density at radius 2 is 1.95 bits per heavy atom. The Balaban J connectivity index is 1.79. The average molecular weight is 281 g/mol. The Bertz CT molecular complexity index is 679. The number of esters is 1. The summed E-state index contributed by atoms with van der Waals surface area (Å²) in [5.41, 5.74) is 12.4. The third kappa shape index (κ3) is 2.69. The quantitative estimate of drug-likeness (QED) is 0.747. The van der Waals surface area contributed by atoms with Crippen molar-refractivity contribution in [2.24, 2.45) is 5.73 Å². The number of fused-ring (bicyclic) bond motifs is 3. The molecule has 0 aliphatic heterocycles. The molecule has 108 valence electrons. The van der Waals surface area contributed by atoms with E-state index in [1.165, 1.54) is 22.3 Å². The van der Waals surface area contributed by atoms with E-state index < -0.39 is 0 Å². The van der Waals surface area contributed by atoms with Crippen LogP contribution in [0, 0.1) is 0 Å². The lowest BCUT2D eigenvalue weighted by Crippen LogP contribution is -2.19. The van der Waals surface area contributed by atoms with Crippen molar-refractivity contribution >= 4 is 5.97 Å². The predicted octanol–water partition coefficient (Wildman–Crippen LogP) is 3.21. The molecule has 0 amide bonds. The SMILES string of the molecule is CCC(=O)OCC(N)c1ccc2c(c1)Cc1ccccc1-2. The second kappa shape index (κ2) is 5.70. The van der Waals surface area contributed by atoms with E-state index in [0.29, 0.717) is 6.42 Å². The fourth-order valence-electron chi connectivity index (χ4n) is 2.78. The number of carbonyl (C=O) groups is 1. The first-order valence-corrected chi connectivity index (χ1v) is 7.31. The molecule has 3 rings (SSSR count). The van der Waals surface area contributed by atoms with Crippen LogP contribution in [0.1, 0.15) is 36.1 Å². The van der Waals surface area contributed by atoms with Gasteiger partial charge in [-0.15, -0.1) is 0 Å². The van der Waals surface area contributed by atoms with Crippen LogP contribution in [0.4, 0.5) is 0 Å². The van der Waals surface area contributed by atoms with Crippen LogP contribution in [-0.4, -0.2) is 12.6 Å². The van der Waals surface area contributed by atoms with Crippen LogP contribution >= 0.6 is 0 Å². The molecular weight excluding hydrogens is 262 g/mol. The Kier molecular flexibility index (Phi) is 3.76. The largest absolute Gasteiger partial charge is 0.464 e. The van der Waals surface area contributed by atoms with Crippen LogP contribution in [-0.2, 0) is 16.0 Å². The van der Waals surface area contributed by atoms with Gasteiger partial charge in [-0.05, 0) is 34.2 Å². The molecular formula is C18H19NO2. The van der Waals surface area contributed by atoms with E-state index in [2.05, 4.69) is 36.4 Å². The topological polar surface area (TPSA) is 52.3 Å². The minimum Gasteiger partial charge on any atom is -0.464 e. The molecule has 0 bridgehead atoms. The number of carbonyl (C=O) groups excluding carboxylic acids is 1. The maximum absolute atomic E-state index is 11.2. The van der Waals surface area contributed by atoms with Crippen molar-refractivity contribution in [1.82, 2.24) is 0 Å². The lowest BCUT2D eigenvalue weighted by Gasteiger charge is -2.13. The summed E-state index contributed by atoms with van der Waals surface area (Å²) in [4.78, 5) is 11.2. The van der Waals surface area contributed by atoms with Gasteiger partial charge in [0.2, 0.25) is 0 Å². The molecule has 3 nitrogen and oxygen atoms in total. The summed E-state index contributed by atoms with van der Waals surface area (Å²) in [6.07, 6.45) is 1.33. The monoisotopic (exact) mass is 281 g/mol. The molecule has 2 N–H and O–H groups in total. The van der Waals surface area contributed by atoms with Crippen molar-refractivity contribution in [3.8, 4) is 11.1 Å². The van der Waals surface area contributed by atoms with Crippen molar-refractivity contribution in [2.45, 2.75) is 25.8 Å². The van der Waals surface area contributed by atoms with E-state index in [1.807, 2.05) is 6.07 Å². The third-order valence-corrected chi connectivity index (χ3v) is 3.96. The van der Waals surface area contributed by atoms with E-state index in [4.69, 9.17) is 10.5 Å². The van der Waals surface area contributed by atoms with E-state index in [-0.39, 0.29) is 18.6 Å². The van der Waals surface area contributed by atoms with Crippen LogP contribution in [0.15, 0.2) is 42.5 Å². The Morgan fingerprint density at radius 1 is 1.19 bits per heavy atom. The van der Waals surface area contributed by atoms with E-state index >= 15 is 0 Å². The Labute approximate surface area is 124 Å². The van der Waals surface area contributed by atoms with Crippen molar-refractivity contribution < 1.29 is 9.53 Å². The minimum atomic E-state index is -0.269. The summed E-state index contributed by atoms with van der Waals surface area (Å²) in [7, 11) is 0.